The summed E-state index contributed by atoms with van der Waals surface area (Å²) in [7, 11) is 1.83. The van der Waals surface area contributed by atoms with E-state index in [1.54, 1.807) is 4.90 Å². The summed E-state index contributed by atoms with van der Waals surface area (Å²) >= 11 is 0. The Balaban J connectivity index is 1.87. The minimum atomic E-state index is -0.0588. The van der Waals surface area contributed by atoms with E-state index in [2.05, 4.69) is 11.9 Å². The molecule has 3 heterocycles. The van der Waals surface area contributed by atoms with Crippen molar-refractivity contribution >= 4 is 11.8 Å². The first-order valence-corrected chi connectivity index (χ1v) is 10.3. The van der Waals surface area contributed by atoms with E-state index in [-0.39, 0.29) is 11.8 Å². The summed E-state index contributed by atoms with van der Waals surface area (Å²) in [6, 6.07) is 0. The number of likely N-dealkylation sites (tertiary alicyclic amines) is 1. The van der Waals surface area contributed by atoms with Gasteiger partial charge >= 0.3 is 0 Å². The zero-order valence-corrected chi connectivity index (χ0v) is 16.3. The number of imidazole rings is 1. The van der Waals surface area contributed by atoms with Crippen molar-refractivity contribution < 1.29 is 9.59 Å². The SMILES string of the molecule is CCCCN(C)C(=O)c1nc(C(=O)N2CCCCCC2)c2n1CCCC2. The van der Waals surface area contributed by atoms with Crippen molar-refractivity contribution in [2.75, 3.05) is 26.7 Å². The van der Waals surface area contributed by atoms with E-state index < -0.39 is 0 Å². The van der Waals surface area contributed by atoms with Crippen LogP contribution in [0.4, 0.5) is 0 Å². The average Bonchev–Trinajstić information content (AvgIpc) is 2.84. The predicted molar refractivity (Wildman–Crippen MR) is 101 cm³/mol. The molecule has 3 rings (SSSR count). The molecule has 144 valence electrons. The van der Waals surface area contributed by atoms with E-state index >= 15 is 0 Å². The number of rotatable bonds is 5. The lowest BCUT2D eigenvalue weighted by molar-refractivity contribution is 0.0754. The summed E-state index contributed by atoms with van der Waals surface area (Å²) in [5.41, 5.74) is 1.50. The van der Waals surface area contributed by atoms with Gasteiger partial charge in [0, 0.05) is 33.2 Å². The van der Waals surface area contributed by atoms with Crippen LogP contribution in [-0.2, 0) is 13.0 Å². The van der Waals surface area contributed by atoms with Gasteiger partial charge in [0.1, 0.15) is 5.69 Å². The molecule has 1 fully saturated rings. The van der Waals surface area contributed by atoms with Crippen LogP contribution in [0, 0.1) is 0 Å². The molecule has 6 nitrogen and oxygen atoms in total. The van der Waals surface area contributed by atoms with Gasteiger partial charge in [-0.3, -0.25) is 9.59 Å². The maximum Gasteiger partial charge on any atom is 0.289 e. The maximum absolute atomic E-state index is 13.1. The molecule has 0 atom stereocenters. The third kappa shape index (κ3) is 3.94. The van der Waals surface area contributed by atoms with Gasteiger partial charge in [0.05, 0.1) is 5.69 Å². The van der Waals surface area contributed by atoms with E-state index in [9.17, 15) is 9.59 Å². The predicted octanol–water partition coefficient (Wildman–Crippen LogP) is 3.11. The molecular weight excluding hydrogens is 328 g/mol. The number of hydrogen-bond acceptors (Lipinski definition) is 3. The lowest BCUT2D eigenvalue weighted by Gasteiger charge is -2.22. The Morgan fingerprint density at radius 1 is 1.04 bits per heavy atom. The molecule has 0 aromatic carbocycles. The number of unbranched alkanes of at least 4 members (excludes halogenated alkanes) is 1. The summed E-state index contributed by atoms with van der Waals surface area (Å²) in [5, 5.41) is 0. The van der Waals surface area contributed by atoms with E-state index in [4.69, 9.17) is 0 Å². The summed E-state index contributed by atoms with van der Waals surface area (Å²) < 4.78 is 2.01. The van der Waals surface area contributed by atoms with Gasteiger partial charge in [0.15, 0.2) is 5.82 Å². The molecule has 0 spiro atoms. The van der Waals surface area contributed by atoms with Crippen LogP contribution in [0.3, 0.4) is 0 Å². The van der Waals surface area contributed by atoms with Crippen LogP contribution < -0.4 is 0 Å². The largest absolute Gasteiger partial charge is 0.339 e. The Morgan fingerprint density at radius 2 is 1.73 bits per heavy atom. The molecule has 6 heteroatoms. The Bertz CT molecular complexity index is 644. The summed E-state index contributed by atoms with van der Waals surface area (Å²) in [6.45, 7) is 5.26. The number of amides is 2. The minimum Gasteiger partial charge on any atom is -0.339 e. The zero-order chi connectivity index (χ0) is 18.5. The molecule has 0 radical (unpaired) electrons. The van der Waals surface area contributed by atoms with Crippen molar-refractivity contribution in [2.24, 2.45) is 0 Å². The van der Waals surface area contributed by atoms with Crippen molar-refractivity contribution in [1.82, 2.24) is 19.4 Å². The van der Waals surface area contributed by atoms with Gasteiger partial charge < -0.3 is 14.4 Å². The zero-order valence-electron chi connectivity index (χ0n) is 16.3. The highest BCUT2D eigenvalue weighted by Crippen LogP contribution is 2.24. The van der Waals surface area contributed by atoms with Gasteiger partial charge in [-0.05, 0) is 38.5 Å². The fourth-order valence-corrected chi connectivity index (χ4v) is 3.97. The first-order valence-electron chi connectivity index (χ1n) is 10.3. The third-order valence-corrected chi connectivity index (χ3v) is 5.60. The summed E-state index contributed by atoms with van der Waals surface area (Å²) in [4.78, 5) is 34.3. The first-order chi connectivity index (χ1) is 12.6. The summed E-state index contributed by atoms with van der Waals surface area (Å²) in [5.74, 6) is 0.417. The Labute approximate surface area is 156 Å². The number of hydrogen-bond donors (Lipinski definition) is 0. The van der Waals surface area contributed by atoms with E-state index in [0.717, 1.165) is 76.8 Å². The number of carbonyl (C=O) groups is 2. The average molecular weight is 361 g/mol. The van der Waals surface area contributed by atoms with Crippen molar-refractivity contribution in [2.45, 2.75) is 71.3 Å². The monoisotopic (exact) mass is 360 g/mol. The fraction of sp³-hybridized carbons (Fsp3) is 0.750. The smallest absolute Gasteiger partial charge is 0.289 e. The molecule has 1 aromatic heterocycles. The lowest BCUT2D eigenvalue weighted by atomic mass is 10.1. The number of carbonyl (C=O) groups excluding carboxylic acids is 2. The van der Waals surface area contributed by atoms with Gasteiger partial charge in [-0.2, -0.15) is 0 Å². The van der Waals surface area contributed by atoms with E-state index in [1.807, 2.05) is 16.5 Å². The molecule has 1 saturated heterocycles. The van der Waals surface area contributed by atoms with E-state index in [1.165, 1.54) is 12.8 Å². The van der Waals surface area contributed by atoms with Crippen LogP contribution in [0.5, 0.6) is 0 Å². The molecule has 2 aliphatic heterocycles. The molecule has 0 aliphatic carbocycles. The number of aromatic nitrogens is 2. The van der Waals surface area contributed by atoms with Crippen molar-refractivity contribution in [1.29, 1.82) is 0 Å². The first kappa shape index (κ1) is 18.9. The molecule has 1 aromatic rings. The standard InChI is InChI=1S/C20H32N4O2/c1-3-4-12-22(2)20(26)18-21-17(16-11-7-10-15-24(16)18)19(25)23-13-8-5-6-9-14-23/h3-15H2,1-2H3. The molecule has 0 unspecified atom stereocenters. The lowest BCUT2D eigenvalue weighted by Crippen LogP contribution is -2.33. The van der Waals surface area contributed by atoms with E-state index in [0.29, 0.717) is 11.5 Å². The second-order valence-electron chi connectivity index (χ2n) is 7.63. The number of fused-ring (bicyclic) bond motifs is 1. The van der Waals surface area contributed by atoms with Crippen LogP contribution in [0.1, 0.15) is 85.1 Å². The Kier molecular flexibility index (Phi) is 6.33. The fourth-order valence-electron chi connectivity index (χ4n) is 3.97. The van der Waals surface area contributed by atoms with Crippen LogP contribution in [0.2, 0.25) is 0 Å². The third-order valence-electron chi connectivity index (χ3n) is 5.60. The molecule has 0 N–H and O–H groups in total. The van der Waals surface area contributed by atoms with Gasteiger partial charge in [-0.1, -0.05) is 26.2 Å². The molecule has 2 aliphatic rings. The van der Waals surface area contributed by atoms with Gasteiger partial charge in [-0.25, -0.2) is 4.98 Å². The molecule has 2 amide bonds. The van der Waals surface area contributed by atoms with Crippen molar-refractivity contribution in [3.8, 4) is 0 Å². The quantitative estimate of drug-likeness (QED) is 0.811. The van der Waals surface area contributed by atoms with Crippen LogP contribution in [0.25, 0.3) is 0 Å². The van der Waals surface area contributed by atoms with Crippen molar-refractivity contribution in [3.63, 3.8) is 0 Å². The van der Waals surface area contributed by atoms with Gasteiger partial charge in [0.25, 0.3) is 11.8 Å². The number of nitrogens with zero attached hydrogens (tertiary/aromatic N) is 4. The van der Waals surface area contributed by atoms with Gasteiger partial charge in [-0.15, -0.1) is 0 Å². The highest BCUT2D eigenvalue weighted by atomic mass is 16.2. The molecule has 0 saturated carbocycles. The molecule has 26 heavy (non-hydrogen) atoms. The second-order valence-corrected chi connectivity index (χ2v) is 7.63. The molecule has 0 bridgehead atoms. The normalized spacial score (nSPS) is 17.5. The maximum atomic E-state index is 13.1. The van der Waals surface area contributed by atoms with Crippen LogP contribution in [-0.4, -0.2) is 57.8 Å². The van der Waals surface area contributed by atoms with Crippen LogP contribution >= 0.6 is 0 Å². The highest BCUT2D eigenvalue weighted by molar-refractivity contribution is 5.97. The summed E-state index contributed by atoms with van der Waals surface area (Å²) in [6.07, 6.45) is 9.49. The molecular formula is C20H32N4O2. The van der Waals surface area contributed by atoms with Crippen molar-refractivity contribution in [3.05, 3.63) is 17.2 Å². The second kappa shape index (κ2) is 8.69. The highest BCUT2D eigenvalue weighted by Gasteiger charge is 2.31. The Hall–Kier alpha value is -1.85. The Morgan fingerprint density at radius 3 is 2.42 bits per heavy atom. The topological polar surface area (TPSA) is 58.4 Å². The van der Waals surface area contributed by atoms with Gasteiger partial charge in [0.2, 0.25) is 0 Å². The minimum absolute atomic E-state index is 0.0211. The van der Waals surface area contributed by atoms with Crippen LogP contribution in [0.15, 0.2) is 0 Å².